The Balaban J connectivity index is 2.10. The molecular weight excluding hydrogens is 256 g/mol. The first-order valence-corrected chi connectivity index (χ1v) is 7.80. The van der Waals surface area contributed by atoms with Crippen molar-refractivity contribution >= 4 is 17.2 Å². The van der Waals surface area contributed by atoms with Crippen molar-refractivity contribution in [2.75, 3.05) is 20.1 Å². The number of aryl methyl sites for hydroxylation is 1. The van der Waals surface area contributed by atoms with Gasteiger partial charge in [-0.2, -0.15) is 0 Å². The number of carbonyl (C=O) groups excluding carboxylic acids is 1. The Morgan fingerprint density at radius 2 is 2.26 bits per heavy atom. The van der Waals surface area contributed by atoms with Gasteiger partial charge in [0.1, 0.15) is 0 Å². The Kier molecular flexibility index (Phi) is 4.31. The van der Waals surface area contributed by atoms with E-state index in [1.54, 1.807) is 11.3 Å². The highest BCUT2D eigenvalue weighted by molar-refractivity contribution is 7.12. The monoisotopic (exact) mass is 280 g/mol. The van der Waals surface area contributed by atoms with Gasteiger partial charge in [0.25, 0.3) is 0 Å². The molecule has 106 valence electrons. The molecule has 0 saturated carbocycles. The zero-order valence-corrected chi connectivity index (χ0v) is 13.1. The van der Waals surface area contributed by atoms with E-state index in [-0.39, 0.29) is 17.4 Å². The minimum absolute atomic E-state index is 0.157. The zero-order chi connectivity index (χ0) is 14.0. The van der Waals surface area contributed by atoms with Gasteiger partial charge >= 0.3 is 0 Å². The Labute approximate surface area is 120 Å². The number of carbonyl (C=O) groups is 1. The van der Waals surface area contributed by atoms with Gasteiger partial charge in [-0.3, -0.25) is 4.79 Å². The van der Waals surface area contributed by atoms with Gasteiger partial charge in [0.05, 0.1) is 11.5 Å². The molecule has 1 aromatic rings. The Bertz CT molecular complexity index is 449. The standard InChI is InChI=1S/C15H24N2OS/c1-11-6-7-13(19-11)12(2)17(4)14(18)15(3)8-5-9-16-10-15/h6-7,12,16H,5,8-10H2,1-4H3. The molecule has 1 aliphatic heterocycles. The van der Waals surface area contributed by atoms with Gasteiger partial charge in [-0.15, -0.1) is 11.3 Å². The molecule has 19 heavy (non-hydrogen) atoms. The molecule has 1 saturated heterocycles. The van der Waals surface area contributed by atoms with Crippen molar-refractivity contribution in [2.45, 2.75) is 39.7 Å². The number of amides is 1. The van der Waals surface area contributed by atoms with Gasteiger partial charge in [0.2, 0.25) is 5.91 Å². The average molecular weight is 280 g/mol. The number of rotatable bonds is 3. The van der Waals surface area contributed by atoms with Crippen LogP contribution in [0.25, 0.3) is 0 Å². The van der Waals surface area contributed by atoms with E-state index in [0.29, 0.717) is 0 Å². The lowest BCUT2D eigenvalue weighted by Gasteiger charge is -2.38. The summed E-state index contributed by atoms with van der Waals surface area (Å²) in [6, 6.07) is 4.42. The van der Waals surface area contributed by atoms with E-state index in [0.717, 1.165) is 25.9 Å². The number of nitrogens with zero attached hydrogens (tertiary/aromatic N) is 1. The molecular formula is C15H24N2OS. The molecule has 0 bridgehead atoms. The largest absolute Gasteiger partial charge is 0.338 e. The molecule has 2 rings (SSSR count). The van der Waals surface area contributed by atoms with Crippen LogP contribution < -0.4 is 5.32 Å². The Morgan fingerprint density at radius 1 is 1.53 bits per heavy atom. The molecule has 1 aliphatic rings. The van der Waals surface area contributed by atoms with Crippen LogP contribution in [-0.2, 0) is 4.79 Å². The van der Waals surface area contributed by atoms with Gasteiger partial charge in [0.15, 0.2) is 0 Å². The maximum atomic E-state index is 12.7. The number of piperidine rings is 1. The van der Waals surface area contributed by atoms with Crippen molar-refractivity contribution in [2.24, 2.45) is 5.41 Å². The molecule has 0 aromatic carbocycles. The van der Waals surface area contributed by atoms with Crippen LogP contribution in [0.3, 0.4) is 0 Å². The fourth-order valence-electron chi connectivity index (χ4n) is 2.71. The molecule has 2 atom stereocenters. The Morgan fingerprint density at radius 3 is 2.79 bits per heavy atom. The van der Waals surface area contributed by atoms with Crippen molar-refractivity contribution in [1.29, 1.82) is 0 Å². The average Bonchev–Trinajstić information content (AvgIpc) is 2.83. The molecule has 4 heteroatoms. The van der Waals surface area contributed by atoms with Gasteiger partial charge < -0.3 is 10.2 Å². The lowest BCUT2D eigenvalue weighted by Crippen LogP contribution is -2.49. The topological polar surface area (TPSA) is 32.3 Å². The van der Waals surface area contributed by atoms with E-state index in [9.17, 15) is 4.79 Å². The zero-order valence-electron chi connectivity index (χ0n) is 12.3. The van der Waals surface area contributed by atoms with Gasteiger partial charge in [-0.1, -0.05) is 0 Å². The van der Waals surface area contributed by atoms with Crippen LogP contribution in [0.1, 0.15) is 42.5 Å². The number of thiophene rings is 1. The highest BCUT2D eigenvalue weighted by atomic mass is 32.1. The van der Waals surface area contributed by atoms with E-state index >= 15 is 0 Å². The first-order valence-electron chi connectivity index (χ1n) is 6.98. The highest BCUT2D eigenvalue weighted by Gasteiger charge is 2.38. The van der Waals surface area contributed by atoms with Crippen LogP contribution in [-0.4, -0.2) is 30.9 Å². The summed E-state index contributed by atoms with van der Waals surface area (Å²) < 4.78 is 0. The molecule has 0 aliphatic carbocycles. The molecule has 0 radical (unpaired) electrons. The smallest absolute Gasteiger partial charge is 0.230 e. The van der Waals surface area contributed by atoms with Gasteiger partial charge in [-0.05, 0) is 52.3 Å². The van der Waals surface area contributed by atoms with Crippen molar-refractivity contribution in [1.82, 2.24) is 10.2 Å². The molecule has 1 amide bonds. The second-order valence-electron chi connectivity index (χ2n) is 5.88. The summed E-state index contributed by atoms with van der Waals surface area (Å²) in [5, 5.41) is 3.35. The summed E-state index contributed by atoms with van der Waals surface area (Å²) in [7, 11) is 1.93. The quantitative estimate of drug-likeness (QED) is 0.923. The normalized spacial score (nSPS) is 25.1. The van der Waals surface area contributed by atoms with E-state index in [4.69, 9.17) is 0 Å². The van der Waals surface area contributed by atoms with E-state index in [1.807, 2.05) is 11.9 Å². The van der Waals surface area contributed by atoms with Crippen LogP contribution in [0.2, 0.25) is 0 Å². The fourth-order valence-corrected chi connectivity index (χ4v) is 3.68. The first kappa shape index (κ1) is 14.5. The summed E-state index contributed by atoms with van der Waals surface area (Å²) in [6.45, 7) is 8.14. The second kappa shape index (κ2) is 5.63. The van der Waals surface area contributed by atoms with Crippen molar-refractivity contribution in [3.05, 3.63) is 21.9 Å². The molecule has 1 N–H and O–H groups in total. The van der Waals surface area contributed by atoms with E-state index in [2.05, 4.69) is 38.2 Å². The third-order valence-corrected chi connectivity index (χ3v) is 5.36. The summed E-state index contributed by atoms with van der Waals surface area (Å²) in [6.07, 6.45) is 2.07. The first-order chi connectivity index (χ1) is 8.94. The molecule has 3 nitrogen and oxygen atoms in total. The van der Waals surface area contributed by atoms with Crippen LogP contribution >= 0.6 is 11.3 Å². The fraction of sp³-hybridized carbons (Fsp3) is 0.667. The minimum Gasteiger partial charge on any atom is -0.338 e. The molecule has 2 heterocycles. The second-order valence-corrected chi connectivity index (χ2v) is 7.20. The highest BCUT2D eigenvalue weighted by Crippen LogP contribution is 2.33. The summed E-state index contributed by atoms with van der Waals surface area (Å²) >= 11 is 1.78. The summed E-state index contributed by atoms with van der Waals surface area (Å²) in [5.74, 6) is 0.262. The van der Waals surface area contributed by atoms with E-state index < -0.39 is 0 Å². The predicted octanol–water partition coefficient (Wildman–Crippen LogP) is 2.97. The molecule has 0 spiro atoms. The Hall–Kier alpha value is -0.870. The predicted molar refractivity (Wildman–Crippen MR) is 80.5 cm³/mol. The van der Waals surface area contributed by atoms with Crippen molar-refractivity contribution in [3.63, 3.8) is 0 Å². The van der Waals surface area contributed by atoms with Gasteiger partial charge in [0, 0.05) is 23.3 Å². The number of hydrogen-bond acceptors (Lipinski definition) is 3. The summed E-state index contributed by atoms with van der Waals surface area (Å²) in [4.78, 5) is 17.2. The SMILES string of the molecule is Cc1ccc(C(C)N(C)C(=O)C2(C)CCCNC2)s1. The lowest BCUT2D eigenvalue weighted by atomic mass is 9.81. The van der Waals surface area contributed by atoms with Crippen LogP contribution in [0, 0.1) is 12.3 Å². The lowest BCUT2D eigenvalue weighted by molar-refractivity contribution is -0.142. The van der Waals surface area contributed by atoms with Crippen molar-refractivity contribution < 1.29 is 4.79 Å². The minimum atomic E-state index is -0.242. The third kappa shape index (κ3) is 3.00. The van der Waals surface area contributed by atoms with Crippen LogP contribution in [0.5, 0.6) is 0 Å². The van der Waals surface area contributed by atoms with Crippen LogP contribution in [0.4, 0.5) is 0 Å². The third-order valence-electron chi connectivity index (χ3n) is 4.19. The maximum absolute atomic E-state index is 12.7. The maximum Gasteiger partial charge on any atom is 0.230 e. The molecule has 2 unspecified atom stereocenters. The summed E-state index contributed by atoms with van der Waals surface area (Å²) in [5.41, 5.74) is -0.242. The van der Waals surface area contributed by atoms with Crippen LogP contribution in [0.15, 0.2) is 12.1 Å². The number of nitrogens with one attached hydrogen (secondary N) is 1. The molecule has 1 fully saturated rings. The van der Waals surface area contributed by atoms with Crippen molar-refractivity contribution in [3.8, 4) is 0 Å². The van der Waals surface area contributed by atoms with Gasteiger partial charge in [-0.25, -0.2) is 0 Å². The molecule has 1 aromatic heterocycles. The van der Waals surface area contributed by atoms with E-state index in [1.165, 1.54) is 9.75 Å². The number of hydrogen-bond donors (Lipinski definition) is 1.